The molecule has 5 N–H and O–H groups in total. The predicted octanol–water partition coefficient (Wildman–Crippen LogP) is 19.9. The van der Waals surface area contributed by atoms with E-state index < -0.39 is 126 Å². The normalized spacial score (nSPS) is 17.0. The second-order valence-corrected chi connectivity index (χ2v) is 33.4. The number of hydrogen-bond donors (Lipinski definition) is 5. The Morgan fingerprint density at radius 2 is 0.740 bits per heavy atom. The molecule has 3 saturated heterocycles. The minimum atomic E-state index is -5.17. The number of carbonyl (C=O) groups excluding carboxylic acids is 3. The van der Waals surface area contributed by atoms with E-state index in [9.17, 15) is 82.4 Å². The van der Waals surface area contributed by atoms with Crippen molar-refractivity contribution in [3.05, 3.63) is 266 Å². The second-order valence-electron chi connectivity index (χ2n) is 32.6. The van der Waals surface area contributed by atoms with Crippen molar-refractivity contribution in [1.29, 1.82) is 0 Å². The molecule has 3 saturated carbocycles. The van der Waals surface area contributed by atoms with Crippen LogP contribution in [0.2, 0.25) is 10.0 Å². The Hall–Kier alpha value is -10.7. The molecule has 3 aromatic heterocycles. The van der Waals surface area contributed by atoms with Crippen LogP contribution in [0.25, 0.3) is 33.8 Å². The Morgan fingerprint density at radius 1 is 0.409 bits per heavy atom. The molecular weight excluding hydrogens is 1720 g/mol. The fraction of sp³-hybridized carbons (Fsp3) is 0.368. The van der Waals surface area contributed by atoms with Crippen LogP contribution in [0.1, 0.15) is 165 Å². The van der Waals surface area contributed by atoms with Crippen molar-refractivity contribution in [2.45, 2.75) is 155 Å². The van der Waals surface area contributed by atoms with Gasteiger partial charge < -0.3 is 59.3 Å². The summed E-state index contributed by atoms with van der Waals surface area (Å²) in [5, 5.41) is 39.4. The minimum absolute atomic E-state index is 0.0612. The highest BCUT2D eigenvalue weighted by Gasteiger charge is 2.59. The molecule has 0 bridgehead atoms. The van der Waals surface area contributed by atoms with Gasteiger partial charge in [0.25, 0.3) is 0 Å². The van der Waals surface area contributed by atoms with E-state index >= 15 is 0 Å². The highest BCUT2D eigenvalue weighted by atomic mass is 35.5. The number of nitrogens with zero attached hydrogens (tertiary/aromatic N) is 4. The number of benzene rings is 7. The van der Waals surface area contributed by atoms with E-state index in [1.807, 2.05) is 30.3 Å². The van der Waals surface area contributed by atoms with E-state index in [1.165, 1.54) is 130 Å². The van der Waals surface area contributed by atoms with Gasteiger partial charge in [0.05, 0.1) is 83.9 Å². The van der Waals surface area contributed by atoms with Crippen LogP contribution in [0.5, 0.6) is 34.5 Å². The first-order valence-electron chi connectivity index (χ1n) is 41.4. The molecule has 6 fully saturated rings. The van der Waals surface area contributed by atoms with Gasteiger partial charge in [0, 0.05) is 116 Å². The van der Waals surface area contributed by atoms with Crippen LogP contribution in [-0.2, 0) is 23.2 Å². The third-order valence-corrected chi connectivity index (χ3v) is 23.9. The first kappa shape index (κ1) is 92.5. The van der Waals surface area contributed by atoms with Gasteiger partial charge in [-0.15, -0.1) is 0 Å². The number of pyridine rings is 3. The van der Waals surface area contributed by atoms with Crippen LogP contribution in [0.3, 0.4) is 0 Å². The van der Waals surface area contributed by atoms with Crippen LogP contribution in [0.15, 0.2) is 182 Å². The summed E-state index contributed by atoms with van der Waals surface area (Å²) in [4.78, 5) is 54.0. The summed E-state index contributed by atoms with van der Waals surface area (Å²) in [5.74, 6) is -1.67. The van der Waals surface area contributed by atoms with E-state index in [4.69, 9.17) is 51.6 Å². The van der Waals surface area contributed by atoms with Crippen LogP contribution in [0, 0.1) is 17.5 Å². The van der Waals surface area contributed by atoms with Crippen molar-refractivity contribution in [3.63, 3.8) is 0 Å². The first-order valence-corrected chi connectivity index (χ1v) is 42.2. The van der Waals surface area contributed by atoms with E-state index in [-0.39, 0.29) is 79.9 Å². The lowest BCUT2D eigenvalue weighted by Crippen LogP contribution is -2.46. The summed E-state index contributed by atoms with van der Waals surface area (Å²) >= 11 is 11.9. The molecule has 0 radical (unpaired) electrons. The molecular formula is C95H90Cl2F12N6O12. The molecule has 3 aliphatic carbocycles. The first-order chi connectivity index (χ1) is 60.5. The van der Waals surface area contributed by atoms with Crippen LogP contribution < -0.4 is 39.1 Å². The molecule has 18 nitrogen and oxygen atoms in total. The molecule has 670 valence electrons. The van der Waals surface area contributed by atoms with Crippen molar-refractivity contribution in [2.75, 3.05) is 67.1 Å². The molecule has 127 heavy (non-hydrogen) atoms. The molecule has 3 atom stereocenters. The summed E-state index contributed by atoms with van der Waals surface area (Å²) in [6.07, 6.45) is -13.5. The number of halogens is 14. The third kappa shape index (κ3) is 22.0. The summed E-state index contributed by atoms with van der Waals surface area (Å²) in [5.41, 5.74) is -7.48. The Bertz CT molecular complexity index is 5640. The number of likely N-dealkylation sites (tertiary alicyclic amines) is 1. The number of alkyl halides is 9. The van der Waals surface area contributed by atoms with Gasteiger partial charge in [-0.25, -0.2) is 28.1 Å². The monoisotopic (exact) mass is 1800 g/mol. The van der Waals surface area contributed by atoms with E-state index in [2.05, 4.69) is 30.5 Å². The van der Waals surface area contributed by atoms with Gasteiger partial charge >= 0.3 is 18.5 Å². The molecule has 3 aliphatic heterocycles. The van der Waals surface area contributed by atoms with Crippen LogP contribution in [-0.4, -0.2) is 157 Å². The quantitative estimate of drug-likeness (QED) is 0.0190. The third-order valence-electron chi connectivity index (χ3n) is 23.3. The number of ether oxygens (including phenoxy) is 6. The van der Waals surface area contributed by atoms with Crippen molar-refractivity contribution in [1.82, 2.24) is 30.5 Å². The zero-order valence-electron chi connectivity index (χ0n) is 69.0. The number of carbonyl (C=O) groups is 3. The van der Waals surface area contributed by atoms with E-state index in [0.29, 0.717) is 107 Å². The van der Waals surface area contributed by atoms with Crippen LogP contribution in [0.4, 0.5) is 52.7 Å². The Labute approximate surface area is 733 Å². The largest absolute Gasteiger partial charge is 0.493 e. The zero-order chi connectivity index (χ0) is 90.5. The highest BCUT2D eigenvalue weighted by Crippen LogP contribution is 2.49. The number of nitrogens with one attached hydrogen (secondary N) is 2. The summed E-state index contributed by atoms with van der Waals surface area (Å²) in [6.45, 7) is 4.20. The van der Waals surface area contributed by atoms with Gasteiger partial charge in [0.2, 0.25) is 16.8 Å². The Kier molecular flexibility index (Phi) is 28.2. The van der Waals surface area contributed by atoms with E-state index in [0.717, 1.165) is 63.6 Å². The summed E-state index contributed by atoms with van der Waals surface area (Å²) in [7, 11) is 4.25. The molecule has 0 amide bonds. The number of ketones is 3. The molecule has 6 aliphatic rings. The number of aliphatic hydroxyl groups is 3. The maximum atomic E-state index is 14.8. The topological polar surface area (TPSA) is 233 Å². The molecule has 6 heterocycles. The molecule has 7 aromatic carbocycles. The van der Waals surface area contributed by atoms with Gasteiger partial charge in [-0.2, -0.15) is 39.5 Å². The average Bonchev–Trinajstić information content (AvgIpc) is 1.70. The lowest BCUT2D eigenvalue weighted by atomic mass is 9.85. The van der Waals surface area contributed by atoms with Gasteiger partial charge in [0.1, 0.15) is 17.5 Å². The standard InChI is InChI=1S/C37H35ClF4N2O4.C29H27ClF4N2O4.C29H28F4N2O4/c1-47-34-19-25(8-12-33(34)48-28-9-10-28)32(45)13-15-36(46,37(40,41)42)35-20-26(18-31(43-35)24-7-11-30(39)29(38)17-24)27-21-44(22-27)16-14-23-5-3-2-4-6-23;1-39-26-12-17(3-7-25(26)40-20-4-5-20)24(37)8-9-28(38,29(32,33)34)27-13-18(19-14-35-15-19)11-23(36-27)16-2-6-22(31)21(30)10-16;1-38-26-13-18(4-9-25(26)39-22-7-8-22)24(36)10-11-28(37,29(31,32)33)27-14-19(20-15-34-16-20)12-23(35-27)17-2-5-21(30)6-3-17/h2-8,11-12,17-20,27-28,46H,9-10,13-16,21-22H2,1H3;2-3,6-7,10-13,19-20,35,38H,4-5,8-9,14-15H2,1H3;2-6,9,12-14,20,22,34,37H,7-8,10-11,15-16H2,1H3. The number of methoxy groups -OCH3 is 3. The predicted molar refractivity (Wildman–Crippen MR) is 450 cm³/mol. The molecule has 32 heteroatoms. The van der Waals surface area contributed by atoms with Crippen molar-refractivity contribution in [3.8, 4) is 68.3 Å². The van der Waals surface area contributed by atoms with Crippen LogP contribution >= 0.6 is 23.2 Å². The SMILES string of the molecule is COc1cc(C(=O)CCC(O)(c2cc(C3CN(CCc4ccccc4)C3)cc(-c3ccc(F)c(Cl)c3)n2)C(F)(F)F)ccc1OC1CC1.COc1cc(C(=O)CCC(O)(c2cc(C3CNC3)cc(-c3ccc(F)c(Cl)c3)n2)C(F)(F)F)ccc1OC1CC1.COc1cc(C(=O)CCC(O)(c2cc(C3CNC3)cc(-c3ccc(F)cc3)n2)C(F)(F)F)ccc1OC1CC1. The van der Waals surface area contributed by atoms with Crippen molar-refractivity contribution >= 4 is 40.6 Å². The lowest BCUT2D eigenvalue weighted by Gasteiger charge is -2.40. The van der Waals surface area contributed by atoms with Gasteiger partial charge in [-0.05, 0) is 238 Å². The minimum Gasteiger partial charge on any atom is -0.493 e. The summed E-state index contributed by atoms with van der Waals surface area (Å²) < 4.78 is 206. The number of rotatable bonds is 33. The van der Waals surface area contributed by atoms with E-state index in [1.54, 1.807) is 36.4 Å². The molecule has 10 aromatic rings. The smallest absolute Gasteiger partial charge is 0.422 e. The van der Waals surface area contributed by atoms with Crippen molar-refractivity contribution < 1.29 is 111 Å². The summed E-state index contributed by atoms with van der Waals surface area (Å²) in [6, 6.07) is 44.8. The Morgan fingerprint density at radius 3 is 1.05 bits per heavy atom. The maximum absolute atomic E-state index is 14.8. The molecule has 16 rings (SSSR count). The van der Waals surface area contributed by atoms with Gasteiger partial charge in [-0.3, -0.25) is 14.4 Å². The van der Waals surface area contributed by atoms with Crippen molar-refractivity contribution in [2.24, 2.45) is 0 Å². The van der Waals surface area contributed by atoms with Gasteiger partial charge in [0.15, 0.2) is 51.8 Å². The average molecular weight is 1810 g/mol. The fourth-order valence-electron chi connectivity index (χ4n) is 14.8. The molecule has 0 spiro atoms. The maximum Gasteiger partial charge on any atom is 0.422 e. The number of Topliss-reactive ketones (excluding diaryl/α,β-unsaturated/α-hetero) is 3. The highest BCUT2D eigenvalue weighted by molar-refractivity contribution is 6.31. The fourth-order valence-corrected chi connectivity index (χ4v) is 15.2. The molecule has 3 unspecified atom stereocenters. The Balaban J connectivity index is 0.000000155. The zero-order valence-corrected chi connectivity index (χ0v) is 70.5. The van der Waals surface area contributed by atoms with Gasteiger partial charge in [-0.1, -0.05) is 53.5 Å². The second kappa shape index (κ2) is 38.7. The lowest BCUT2D eigenvalue weighted by molar-refractivity contribution is -0.270. The number of aromatic nitrogens is 3. The number of hydrogen-bond acceptors (Lipinski definition) is 18.